The van der Waals surface area contributed by atoms with Gasteiger partial charge in [-0.2, -0.15) is 5.26 Å². The maximum atomic E-state index is 11.9. The molecule has 0 amide bonds. The Balaban J connectivity index is 2.29. The summed E-state index contributed by atoms with van der Waals surface area (Å²) in [4.78, 5) is 11.9. The number of esters is 1. The Labute approximate surface area is 108 Å². The zero-order valence-electron chi connectivity index (χ0n) is 10.5. The molecule has 1 saturated carbocycles. The van der Waals surface area contributed by atoms with Crippen LogP contribution in [-0.4, -0.2) is 23.1 Å². The number of ether oxygens (including phenoxy) is 1. The molecule has 0 radical (unpaired) electrons. The van der Waals surface area contributed by atoms with Gasteiger partial charge in [0.2, 0.25) is 0 Å². The van der Waals surface area contributed by atoms with Gasteiger partial charge in [-0.3, -0.25) is 4.79 Å². The molecule has 3 nitrogen and oxygen atoms in total. The van der Waals surface area contributed by atoms with Gasteiger partial charge in [0.25, 0.3) is 0 Å². The number of rotatable bonds is 6. The molecule has 0 aromatic heterocycles. The number of thioether (sulfide) groups is 1. The Morgan fingerprint density at radius 3 is 2.76 bits per heavy atom. The molecule has 96 valence electrons. The molecular formula is C13H21NO2S. The summed E-state index contributed by atoms with van der Waals surface area (Å²) in [6.45, 7) is 1.99. The fraction of sp³-hybridized carbons (Fsp3) is 0.846. The Morgan fingerprint density at radius 2 is 2.18 bits per heavy atom. The van der Waals surface area contributed by atoms with E-state index >= 15 is 0 Å². The van der Waals surface area contributed by atoms with Crippen LogP contribution in [0.2, 0.25) is 0 Å². The SMILES string of the molecule is CCC(SCCC#N)C(=O)OC1CCCCC1. The van der Waals surface area contributed by atoms with E-state index in [1.807, 2.05) is 6.92 Å². The van der Waals surface area contributed by atoms with Crippen molar-refractivity contribution < 1.29 is 9.53 Å². The maximum absolute atomic E-state index is 11.9. The van der Waals surface area contributed by atoms with Gasteiger partial charge >= 0.3 is 5.97 Å². The summed E-state index contributed by atoms with van der Waals surface area (Å²) in [6, 6.07) is 2.09. The van der Waals surface area contributed by atoms with Crippen LogP contribution in [0.4, 0.5) is 0 Å². The highest BCUT2D eigenvalue weighted by Gasteiger charge is 2.23. The van der Waals surface area contributed by atoms with Gasteiger partial charge in [0.15, 0.2) is 0 Å². The Bertz CT molecular complexity index is 269. The van der Waals surface area contributed by atoms with Crippen LogP contribution in [0, 0.1) is 11.3 Å². The normalized spacial score (nSPS) is 18.4. The molecule has 0 saturated heterocycles. The van der Waals surface area contributed by atoms with Crippen molar-refractivity contribution >= 4 is 17.7 Å². The largest absolute Gasteiger partial charge is 0.462 e. The maximum Gasteiger partial charge on any atom is 0.319 e. The molecule has 1 unspecified atom stereocenters. The Morgan fingerprint density at radius 1 is 1.47 bits per heavy atom. The second-order valence-corrected chi connectivity index (χ2v) is 5.68. The van der Waals surface area contributed by atoms with Crippen LogP contribution in [0.15, 0.2) is 0 Å². The van der Waals surface area contributed by atoms with E-state index < -0.39 is 0 Å². The lowest BCUT2D eigenvalue weighted by Crippen LogP contribution is -2.27. The van der Waals surface area contributed by atoms with E-state index in [9.17, 15) is 4.79 Å². The second kappa shape index (κ2) is 8.41. The number of hydrogen-bond acceptors (Lipinski definition) is 4. The number of nitriles is 1. The molecule has 0 aromatic carbocycles. The van der Waals surface area contributed by atoms with Crippen molar-refractivity contribution in [3.63, 3.8) is 0 Å². The fourth-order valence-corrected chi connectivity index (χ4v) is 2.94. The number of carbonyl (C=O) groups is 1. The summed E-state index contributed by atoms with van der Waals surface area (Å²) in [5.41, 5.74) is 0. The van der Waals surface area contributed by atoms with Gasteiger partial charge < -0.3 is 4.74 Å². The molecule has 1 fully saturated rings. The summed E-state index contributed by atoms with van der Waals surface area (Å²) in [6.07, 6.45) is 7.08. The quantitative estimate of drug-likeness (QED) is 0.540. The highest BCUT2D eigenvalue weighted by atomic mass is 32.2. The lowest BCUT2D eigenvalue weighted by molar-refractivity contribution is -0.149. The first-order valence-corrected chi connectivity index (χ1v) is 7.51. The monoisotopic (exact) mass is 255 g/mol. The Kier molecular flexibility index (Phi) is 7.11. The van der Waals surface area contributed by atoms with E-state index in [0.717, 1.165) is 25.0 Å². The number of hydrogen-bond donors (Lipinski definition) is 0. The van der Waals surface area contributed by atoms with Gasteiger partial charge in [0.1, 0.15) is 11.4 Å². The molecule has 17 heavy (non-hydrogen) atoms. The van der Waals surface area contributed by atoms with Gasteiger partial charge in [-0.25, -0.2) is 0 Å². The number of nitrogens with zero attached hydrogens (tertiary/aromatic N) is 1. The predicted octanol–water partition coefficient (Wildman–Crippen LogP) is 3.29. The summed E-state index contributed by atoms with van der Waals surface area (Å²) >= 11 is 1.55. The third-order valence-electron chi connectivity index (χ3n) is 3.00. The van der Waals surface area contributed by atoms with E-state index in [4.69, 9.17) is 10.00 Å². The predicted molar refractivity (Wildman–Crippen MR) is 69.7 cm³/mol. The summed E-state index contributed by atoms with van der Waals surface area (Å²) < 4.78 is 5.53. The smallest absolute Gasteiger partial charge is 0.319 e. The fourth-order valence-electron chi connectivity index (χ4n) is 2.02. The minimum absolute atomic E-state index is 0.0812. The lowest BCUT2D eigenvalue weighted by Gasteiger charge is -2.24. The van der Waals surface area contributed by atoms with Crippen molar-refractivity contribution in [1.29, 1.82) is 5.26 Å². The van der Waals surface area contributed by atoms with Crippen molar-refractivity contribution in [2.45, 2.75) is 63.2 Å². The van der Waals surface area contributed by atoms with Crippen LogP contribution in [0.3, 0.4) is 0 Å². The van der Waals surface area contributed by atoms with Crippen molar-refractivity contribution in [1.82, 2.24) is 0 Å². The lowest BCUT2D eigenvalue weighted by atomic mass is 9.98. The molecular weight excluding hydrogens is 234 g/mol. The Hall–Kier alpha value is -0.690. The van der Waals surface area contributed by atoms with Gasteiger partial charge in [-0.05, 0) is 32.1 Å². The first kappa shape index (κ1) is 14.4. The van der Waals surface area contributed by atoms with Gasteiger partial charge in [-0.1, -0.05) is 13.3 Å². The molecule has 0 N–H and O–H groups in total. The minimum atomic E-state index is -0.0923. The van der Waals surface area contributed by atoms with E-state index in [0.29, 0.717) is 6.42 Å². The van der Waals surface area contributed by atoms with Crippen molar-refractivity contribution in [3.05, 3.63) is 0 Å². The molecule has 0 spiro atoms. The molecule has 0 aliphatic heterocycles. The van der Waals surface area contributed by atoms with Crippen LogP contribution in [0.1, 0.15) is 51.9 Å². The third kappa shape index (κ3) is 5.45. The molecule has 1 atom stereocenters. The highest BCUT2D eigenvalue weighted by Crippen LogP contribution is 2.23. The first-order chi connectivity index (χ1) is 8.27. The molecule has 0 aromatic rings. The second-order valence-electron chi connectivity index (χ2n) is 4.37. The van der Waals surface area contributed by atoms with Crippen molar-refractivity contribution in [2.24, 2.45) is 0 Å². The van der Waals surface area contributed by atoms with Crippen LogP contribution in [0.5, 0.6) is 0 Å². The van der Waals surface area contributed by atoms with Crippen LogP contribution in [0.25, 0.3) is 0 Å². The first-order valence-electron chi connectivity index (χ1n) is 6.47. The van der Waals surface area contributed by atoms with E-state index in [-0.39, 0.29) is 17.3 Å². The van der Waals surface area contributed by atoms with Crippen molar-refractivity contribution in [2.75, 3.05) is 5.75 Å². The topological polar surface area (TPSA) is 50.1 Å². The summed E-state index contributed by atoms with van der Waals surface area (Å²) in [5, 5.41) is 8.38. The van der Waals surface area contributed by atoms with Gasteiger partial charge in [-0.15, -0.1) is 11.8 Å². The van der Waals surface area contributed by atoms with E-state index in [2.05, 4.69) is 6.07 Å². The summed E-state index contributed by atoms with van der Waals surface area (Å²) in [5.74, 6) is 0.636. The zero-order valence-corrected chi connectivity index (χ0v) is 11.3. The molecule has 4 heteroatoms. The summed E-state index contributed by atoms with van der Waals surface area (Å²) in [7, 11) is 0. The standard InChI is InChI=1S/C13H21NO2S/c1-2-12(17-10-6-9-14)13(15)16-11-7-4-3-5-8-11/h11-12H,2-8,10H2,1H3. The molecule has 1 rings (SSSR count). The molecule has 1 aliphatic carbocycles. The molecule has 0 heterocycles. The van der Waals surface area contributed by atoms with Gasteiger partial charge in [0, 0.05) is 12.2 Å². The average Bonchev–Trinajstić information content (AvgIpc) is 2.36. The van der Waals surface area contributed by atoms with E-state index in [1.54, 1.807) is 11.8 Å². The minimum Gasteiger partial charge on any atom is -0.462 e. The highest BCUT2D eigenvalue weighted by molar-refractivity contribution is 8.00. The number of carbonyl (C=O) groups excluding carboxylic acids is 1. The molecule has 0 bridgehead atoms. The third-order valence-corrected chi connectivity index (χ3v) is 4.37. The van der Waals surface area contributed by atoms with Crippen LogP contribution >= 0.6 is 11.8 Å². The zero-order chi connectivity index (χ0) is 12.5. The van der Waals surface area contributed by atoms with Crippen LogP contribution in [-0.2, 0) is 9.53 Å². The van der Waals surface area contributed by atoms with Crippen molar-refractivity contribution in [3.8, 4) is 6.07 Å². The van der Waals surface area contributed by atoms with E-state index in [1.165, 1.54) is 19.3 Å². The molecule has 1 aliphatic rings. The van der Waals surface area contributed by atoms with Gasteiger partial charge in [0.05, 0.1) is 6.07 Å². The van der Waals surface area contributed by atoms with Crippen LogP contribution < -0.4 is 0 Å². The average molecular weight is 255 g/mol.